The number of aliphatic hydroxyl groups is 1. The summed E-state index contributed by atoms with van der Waals surface area (Å²) >= 11 is 1.69. The van der Waals surface area contributed by atoms with Crippen LogP contribution in [0.2, 0.25) is 0 Å². The number of hydrogen-bond acceptors (Lipinski definition) is 5. The minimum absolute atomic E-state index is 0.0300. The molecule has 0 atom stereocenters. The average Bonchev–Trinajstić information content (AvgIpc) is 3.16. The largest absolute Gasteiger partial charge is 0.491 e. The van der Waals surface area contributed by atoms with Gasteiger partial charge in [0.1, 0.15) is 17.4 Å². The Morgan fingerprint density at radius 3 is 2.50 bits per heavy atom. The Labute approximate surface area is 182 Å². The SMILES string of the molecule is Cc1ccc(-c2nc(C(C)C)c(CCC(=O)c3ccc(OCCO)c(C)c3)s2)cc1. The van der Waals surface area contributed by atoms with Crippen LogP contribution in [-0.2, 0) is 6.42 Å². The van der Waals surface area contributed by atoms with Gasteiger partial charge in [0.2, 0.25) is 0 Å². The number of aliphatic hydroxyl groups excluding tert-OH is 1. The maximum absolute atomic E-state index is 12.8. The molecule has 5 heteroatoms. The molecule has 3 aromatic rings. The number of nitrogens with zero attached hydrogens (tertiary/aromatic N) is 1. The fraction of sp³-hybridized carbons (Fsp3) is 0.360. The Morgan fingerprint density at radius 1 is 1.13 bits per heavy atom. The second-order valence-electron chi connectivity index (χ2n) is 7.82. The maximum atomic E-state index is 12.8. The minimum Gasteiger partial charge on any atom is -0.491 e. The van der Waals surface area contributed by atoms with Crippen molar-refractivity contribution in [2.45, 2.75) is 46.5 Å². The van der Waals surface area contributed by atoms with Crippen molar-refractivity contribution in [3.63, 3.8) is 0 Å². The van der Waals surface area contributed by atoms with E-state index in [1.807, 2.05) is 13.0 Å². The second-order valence-corrected chi connectivity index (χ2v) is 8.91. The zero-order chi connectivity index (χ0) is 21.7. The van der Waals surface area contributed by atoms with Gasteiger partial charge in [0.15, 0.2) is 5.78 Å². The quantitative estimate of drug-likeness (QED) is 0.446. The van der Waals surface area contributed by atoms with E-state index in [4.69, 9.17) is 14.8 Å². The lowest BCUT2D eigenvalue weighted by molar-refractivity contribution is 0.0983. The highest BCUT2D eigenvalue weighted by molar-refractivity contribution is 7.15. The summed E-state index contributed by atoms with van der Waals surface area (Å²) in [5.41, 5.74) is 5.04. The zero-order valence-corrected chi connectivity index (χ0v) is 18.9. The Balaban J connectivity index is 1.74. The van der Waals surface area contributed by atoms with Crippen molar-refractivity contribution in [2.24, 2.45) is 0 Å². The lowest BCUT2D eigenvalue weighted by Crippen LogP contribution is -2.05. The van der Waals surface area contributed by atoms with Crippen molar-refractivity contribution in [3.05, 3.63) is 69.7 Å². The Morgan fingerprint density at radius 2 is 1.87 bits per heavy atom. The van der Waals surface area contributed by atoms with Crippen LogP contribution in [0.3, 0.4) is 0 Å². The van der Waals surface area contributed by atoms with Gasteiger partial charge in [-0.3, -0.25) is 4.79 Å². The third kappa shape index (κ3) is 5.35. The average molecular weight is 424 g/mol. The Hall–Kier alpha value is -2.50. The van der Waals surface area contributed by atoms with Gasteiger partial charge < -0.3 is 9.84 Å². The summed E-state index contributed by atoms with van der Waals surface area (Å²) in [5, 5.41) is 9.92. The van der Waals surface area contributed by atoms with Crippen LogP contribution in [0.4, 0.5) is 0 Å². The molecule has 1 aromatic heterocycles. The van der Waals surface area contributed by atoms with Crippen LogP contribution in [0.15, 0.2) is 42.5 Å². The molecule has 0 fully saturated rings. The van der Waals surface area contributed by atoms with Crippen molar-refractivity contribution in [1.82, 2.24) is 4.98 Å². The summed E-state index contributed by atoms with van der Waals surface area (Å²) in [6, 6.07) is 13.9. The lowest BCUT2D eigenvalue weighted by atomic mass is 10.0. The fourth-order valence-electron chi connectivity index (χ4n) is 3.33. The third-order valence-electron chi connectivity index (χ3n) is 5.00. The highest BCUT2D eigenvalue weighted by Crippen LogP contribution is 2.33. The molecule has 3 rings (SSSR count). The summed E-state index contributed by atoms with van der Waals surface area (Å²) in [6.45, 7) is 8.51. The van der Waals surface area contributed by atoms with Gasteiger partial charge in [-0.05, 0) is 49.9 Å². The topological polar surface area (TPSA) is 59.4 Å². The number of rotatable bonds is 9. The molecule has 0 unspecified atom stereocenters. The first-order valence-electron chi connectivity index (χ1n) is 10.3. The van der Waals surface area contributed by atoms with E-state index >= 15 is 0 Å². The number of carbonyl (C=O) groups is 1. The van der Waals surface area contributed by atoms with Crippen LogP contribution in [0.1, 0.15) is 58.2 Å². The molecule has 0 amide bonds. The van der Waals surface area contributed by atoms with E-state index in [2.05, 4.69) is 45.0 Å². The normalized spacial score (nSPS) is 11.1. The first-order chi connectivity index (χ1) is 14.4. The predicted molar refractivity (Wildman–Crippen MR) is 123 cm³/mol. The maximum Gasteiger partial charge on any atom is 0.163 e. The molecule has 1 N–H and O–H groups in total. The molecule has 0 saturated carbocycles. The highest BCUT2D eigenvalue weighted by atomic mass is 32.1. The van der Waals surface area contributed by atoms with Gasteiger partial charge >= 0.3 is 0 Å². The monoisotopic (exact) mass is 423 g/mol. The Bertz CT molecular complexity index is 1010. The van der Waals surface area contributed by atoms with Crippen molar-refractivity contribution < 1.29 is 14.6 Å². The van der Waals surface area contributed by atoms with E-state index in [1.165, 1.54) is 10.4 Å². The molecule has 0 radical (unpaired) electrons. The predicted octanol–water partition coefficient (Wildman–Crippen LogP) is 5.74. The van der Waals surface area contributed by atoms with E-state index in [1.54, 1.807) is 23.5 Å². The number of Topliss-reactive ketones (excluding diaryl/α,β-unsaturated/α-hetero) is 1. The number of ketones is 1. The van der Waals surface area contributed by atoms with Gasteiger partial charge in [-0.1, -0.05) is 43.7 Å². The summed E-state index contributed by atoms with van der Waals surface area (Å²) < 4.78 is 5.48. The molecule has 158 valence electrons. The molecule has 0 saturated heterocycles. The molecule has 0 spiro atoms. The van der Waals surface area contributed by atoms with E-state index in [0.717, 1.165) is 21.8 Å². The van der Waals surface area contributed by atoms with Crippen molar-refractivity contribution in [1.29, 1.82) is 0 Å². The van der Waals surface area contributed by atoms with Gasteiger partial charge in [-0.2, -0.15) is 0 Å². The summed E-state index contributed by atoms with van der Waals surface area (Å²) in [6.07, 6.45) is 1.14. The summed E-state index contributed by atoms with van der Waals surface area (Å²) in [7, 11) is 0. The van der Waals surface area contributed by atoms with Crippen LogP contribution in [0.25, 0.3) is 10.6 Å². The molecular weight excluding hydrogens is 394 g/mol. The number of carbonyl (C=O) groups excluding carboxylic acids is 1. The second kappa shape index (κ2) is 10.0. The molecule has 0 aliphatic heterocycles. The van der Waals surface area contributed by atoms with Crippen molar-refractivity contribution >= 4 is 17.1 Å². The van der Waals surface area contributed by atoms with Gasteiger partial charge in [-0.15, -0.1) is 11.3 Å². The number of thiazole rings is 1. The summed E-state index contributed by atoms with van der Waals surface area (Å²) in [5.74, 6) is 1.13. The zero-order valence-electron chi connectivity index (χ0n) is 18.1. The van der Waals surface area contributed by atoms with Crippen LogP contribution < -0.4 is 4.74 Å². The number of ether oxygens (including phenoxy) is 1. The van der Waals surface area contributed by atoms with E-state index in [9.17, 15) is 4.79 Å². The van der Waals surface area contributed by atoms with Gasteiger partial charge in [0.25, 0.3) is 0 Å². The van der Waals surface area contributed by atoms with Crippen LogP contribution in [0, 0.1) is 13.8 Å². The number of aryl methyl sites for hydroxylation is 3. The first kappa shape index (κ1) is 22.2. The smallest absolute Gasteiger partial charge is 0.163 e. The first-order valence-corrected chi connectivity index (χ1v) is 11.1. The number of benzene rings is 2. The van der Waals surface area contributed by atoms with E-state index < -0.39 is 0 Å². The Kier molecular flexibility index (Phi) is 7.40. The molecule has 0 aliphatic rings. The van der Waals surface area contributed by atoms with Crippen LogP contribution in [-0.4, -0.2) is 29.1 Å². The van der Waals surface area contributed by atoms with Crippen LogP contribution in [0.5, 0.6) is 5.75 Å². The standard InChI is InChI=1S/C25H29NO3S/c1-16(2)24-23(30-25(26-24)19-7-5-17(3)6-8-19)12-10-21(28)20-9-11-22(18(4)15-20)29-14-13-27/h5-9,11,15-16,27H,10,12-14H2,1-4H3. The van der Waals surface area contributed by atoms with Crippen molar-refractivity contribution in [2.75, 3.05) is 13.2 Å². The summed E-state index contributed by atoms with van der Waals surface area (Å²) in [4.78, 5) is 18.9. The highest BCUT2D eigenvalue weighted by Gasteiger charge is 2.17. The molecule has 4 nitrogen and oxygen atoms in total. The number of hydrogen-bond donors (Lipinski definition) is 1. The minimum atomic E-state index is -0.0300. The van der Waals surface area contributed by atoms with Crippen LogP contribution >= 0.6 is 11.3 Å². The van der Waals surface area contributed by atoms with Gasteiger partial charge in [0.05, 0.1) is 12.3 Å². The number of aromatic nitrogens is 1. The lowest BCUT2D eigenvalue weighted by Gasteiger charge is -2.09. The molecule has 0 bridgehead atoms. The molecular formula is C25H29NO3S. The third-order valence-corrected chi connectivity index (χ3v) is 6.18. The fourth-order valence-corrected chi connectivity index (χ4v) is 4.55. The molecule has 2 aromatic carbocycles. The molecule has 0 aliphatic carbocycles. The van der Waals surface area contributed by atoms with E-state index in [0.29, 0.717) is 30.1 Å². The molecule has 30 heavy (non-hydrogen) atoms. The van der Waals surface area contributed by atoms with Crippen molar-refractivity contribution in [3.8, 4) is 16.3 Å². The van der Waals surface area contributed by atoms with Gasteiger partial charge in [-0.25, -0.2) is 4.98 Å². The van der Waals surface area contributed by atoms with Gasteiger partial charge in [0, 0.05) is 22.4 Å². The van der Waals surface area contributed by atoms with E-state index in [-0.39, 0.29) is 19.0 Å². The molecule has 1 heterocycles.